The Kier molecular flexibility index (Phi) is 3.85. The predicted molar refractivity (Wildman–Crippen MR) is 99.2 cm³/mol. The second-order valence-corrected chi connectivity index (χ2v) is 5.81. The molecule has 0 fully saturated rings. The summed E-state index contributed by atoms with van der Waals surface area (Å²) in [7, 11) is 0. The molecule has 0 unspecified atom stereocenters. The third-order valence-electron chi connectivity index (χ3n) is 3.74. The van der Waals surface area contributed by atoms with E-state index in [-0.39, 0.29) is 0 Å². The van der Waals surface area contributed by atoms with Crippen LogP contribution in [0.4, 0.5) is 0 Å². The SMILES string of the molecule is Clc1cccc(/C=C/c2nc3ccccc3n2-c2ccccn2)c1. The molecular formula is C20H14ClN3. The molecule has 2 aromatic heterocycles. The van der Waals surface area contributed by atoms with Gasteiger partial charge in [0.2, 0.25) is 0 Å². The number of fused-ring (bicyclic) bond motifs is 1. The van der Waals surface area contributed by atoms with Crippen LogP contribution >= 0.6 is 11.6 Å². The lowest BCUT2D eigenvalue weighted by Crippen LogP contribution is -1.99. The minimum atomic E-state index is 0.718. The molecule has 0 N–H and O–H groups in total. The molecule has 0 spiro atoms. The van der Waals surface area contributed by atoms with Crippen molar-refractivity contribution in [1.29, 1.82) is 0 Å². The Balaban J connectivity index is 1.86. The van der Waals surface area contributed by atoms with Crippen molar-refractivity contribution in [3.8, 4) is 5.82 Å². The Morgan fingerprint density at radius 1 is 0.875 bits per heavy atom. The average molecular weight is 332 g/mol. The molecule has 24 heavy (non-hydrogen) atoms. The molecular weight excluding hydrogens is 318 g/mol. The first-order chi connectivity index (χ1) is 11.8. The fraction of sp³-hybridized carbons (Fsp3) is 0. The normalized spacial score (nSPS) is 11.4. The average Bonchev–Trinajstić information content (AvgIpc) is 2.99. The molecule has 0 aliphatic carbocycles. The lowest BCUT2D eigenvalue weighted by atomic mass is 10.2. The summed E-state index contributed by atoms with van der Waals surface area (Å²) < 4.78 is 2.05. The van der Waals surface area contributed by atoms with Gasteiger partial charge in [-0.15, -0.1) is 0 Å². The first-order valence-electron chi connectivity index (χ1n) is 7.64. The maximum Gasteiger partial charge on any atom is 0.139 e. The van der Waals surface area contributed by atoms with Crippen LogP contribution < -0.4 is 0 Å². The molecule has 0 aliphatic rings. The van der Waals surface area contributed by atoms with E-state index in [1.165, 1.54) is 0 Å². The molecule has 2 heterocycles. The number of aromatic nitrogens is 3. The molecule has 116 valence electrons. The number of benzene rings is 2. The van der Waals surface area contributed by atoms with Crippen LogP contribution in [0.15, 0.2) is 72.9 Å². The van der Waals surface area contributed by atoms with Crippen molar-refractivity contribution in [3.63, 3.8) is 0 Å². The molecule has 3 nitrogen and oxygen atoms in total. The number of nitrogens with zero attached hydrogens (tertiary/aromatic N) is 3. The summed E-state index contributed by atoms with van der Waals surface area (Å²) in [6, 6.07) is 21.6. The summed E-state index contributed by atoms with van der Waals surface area (Å²) >= 11 is 6.05. The Hall–Kier alpha value is -2.91. The van der Waals surface area contributed by atoms with Crippen molar-refractivity contribution in [3.05, 3.63) is 89.3 Å². The van der Waals surface area contributed by atoms with Crippen molar-refractivity contribution < 1.29 is 0 Å². The van der Waals surface area contributed by atoms with E-state index in [0.717, 1.165) is 33.3 Å². The fourth-order valence-electron chi connectivity index (χ4n) is 2.66. The van der Waals surface area contributed by atoms with Crippen molar-refractivity contribution >= 4 is 34.8 Å². The summed E-state index contributed by atoms with van der Waals surface area (Å²) in [6.07, 6.45) is 5.78. The zero-order chi connectivity index (χ0) is 16.4. The third-order valence-corrected chi connectivity index (χ3v) is 3.97. The second-order valence-electron chi connectivity index (χ2n) is 5.37. The molecule has 2 aromatic carbocycles. The lowest BCUT2D eigenvalue weighted by Gasteiger charge is -2.05. The number of pyridine rings is 1. The van der Waals surface area contributed by atoms with Gasteiger partial charge < -0.3 is 0 Å². The van der Waals surface area contributed by atoms with Crippen LogP contribution in [0.25, 0.3) is 29.0 Å². The number of hydrogen-bond acceptors (Lipinski definition) is 2. The first-order valence-corrected chi connectivity index (χ1v) is 8.01. The predicted octanol–water partition coefficient (Wildman–Crippen LogP) is 5.24. The topological polar surface area (TPSA) is 30.7 Å². The molecule has 0 bridgehead atoms. The van der Waals surface area contributed by atoms with E-state index in [0.29, 0.717) is 0 Å². The molecule has 0 saturated heterocycles. The quantitative estimate of drug-likeness (QED) is 0.513. The highest BCUT2D eigenvalue weighted by atomic mass is 35.5. The number of para-hydroxylation sites is 2. The van der Waals surface area contributed by atoms with E-state index in [4.69, 9.17) is 16.6 Å². The summed E-state index contributed by atoms with van der Waals surface area (Å²) in [6.45, 7) is 0. The molecule has 0 aliphatic heterocycles. The van der Waals surface area contributed by atoms with Gasteiger partial charge in [0.15, 0.2) is 0 Å². The highest BCUT2D eigenvalue weighted by Gasteiger charge is 2.10. The van der Waals surface area contributed by atoms with Crippen LogP contribution in [0.3, 0.4) is 0 Å². The summed E-state index contributed by atoms with van der Waals surface area (Å²) in [4.78, 5) is 9.20. The second kappa shape index (κ2) is 6.30. The van der Waals surface area contributed by atoms with Crippen LogP contribution in [0.5, 0.6) is 0 Å². The molecule has 0 radical (unpaired) electrons. The zero-order valence-electron chi connectivity index (χ0n) is 12.8. The largest absolute Gasteiger partial charge is 0.277 e. The standard InChI is InChI=1S/C20H14ClN3/c21-16-7-5-6-15(14-16)11-12-20-23-17-8-1-2-9-18(17)24(20)19-10-3-4-13-22-19/h1-14H/b12-11+. The van der Waals surface area contributed by atoms with Gasteiger partial charge in [0.1, 0.15) is 11.6 Å². The summed E-state index contributed by atoms with van der Waals surface area (Å²) in [5.74, 6) is 1.67. The number of rotatable bonds is 3. The van der Waals surface area contributed by atoms with Gasteiger partial charge in [-0.3, -0.25) is 4.57 Å². The van der Waals surface area contributed by atoms with Crippen LogP contribution in [0, 0.1) is 0 Å². The van der Waals surface area contributed by atoms with Crippen LogP contribution in [0.1, 0.15) is 11.4 Å². The smallest absolute Gasteiger partial charge is 0.139 e. The van der Waals surface area contributed by atoms with E-state index in [1.807, 2.05) is 78.9 Å². The molecule has 0 amide bonds. The lowest BCUT2D eigenvalue weighted by molar-refractivity contribution is 1.01. The Morgan fingerprint density at radius 3 is 2.58 bits per heavy atom. The fourth-order valence-corrected chi connectivity index (χ4v) is 2.86. The van der Waals surface area contributed by atoms with E-state index >= 15 is 0 Å². The Bertz CT molecular complexity index is 1020. The van der Waals surface area contributed by atoms with Crippen molar-refractivity contribution in [2.75, 3.05) is 0 Å². The summed E-state index contributed by atoms with van der Waals surface area (Å²) in [5.41, 5.74) is 3.00. The van der Waals surface area contributed by atoms with Crippen LogP contribution in [-0.4, -0.2) is 14.5 Å². The van der Waals surface area contributed by atoms with Gasteiger partial charge in [0.05, 0.1) is 11.0 Å². The van der Waals surface area contributed by atoms with Crippen LogP contribution in [-0.2, 0) is 0 Å². The van der Waals surface area contributed by atoms with Gasteiger partial charge in [-0.1, -0.05) is 48.0 Å². The van der Waals surface area contributed by atoms with Gasteiger partial charge >= 0.3 is 0 Å². The first kappa shape index (κ1) is 14.7. The van der Waals surface area contributed by atoms with Crippen molar-refractivity contribution in [2.24, 2.45) is 0 Å². The number of halogens is 1. The maximum atomic E-state index is 6.05. The summed E-state index contributed by atoms with van der Waals surface area (Å²) in [5, 5.41) is 0.718. The van der Waals surface area contributed by atoms with E-state index < -0.39 is 0 Å². The molecule has 4 heteroatoms. The van der Waals surface area contributed by atoms with Gasteiger partial charge in [-0.05, 0) is 48.0 Å². The Labute approximate surface area is 144 Å². The van der Waals surface area contributed by atoms with Crippen molar-refractivity contribution in [1.82, 2.24) is 14.5 Å². The monoisotopic (exact) mass is 331 g/mol. The zero-order valence-corrected chi connectivity index (χ0v) is 13.6. The van der Waals surface area contributed by atoms with E-state index in [1.54, 1.807) is 6.20 Å². The van der Waals surface area contributed by atoms with Crippen molar-refractivity contribution in [2.45, 2.75) is 0 Å². The van der Waals surface area contributed by atoms with Crippen LogP contribution in [0.2, 0.25) is 5.02 Å². The van der Waals surface area contributed by atoms with Gasteiger partial charge in [-0.2, -0.15) is 0 Å². The molecule has 0 saturated carbocycles. The van der Waals surface area contributed by atoms with Gasteiger partial charge in [0.25, 0.3) is 0 Å². The minimum absolute atomic E-state index is 0.718. The highest BCUT2D eigenvalue weighted by molar-refractivity contribution is 6.30. The Morgan fingerprint density at radius 2 is 1.75 bits per heavy atom. The molecule has 0 atom stereocenters. The number of imidazole rings is 1. The maximum absolute atomic E-state index is 6.05. The highest BCUT2D eigenvalue weighted by Crippen LogP contribution is 2.22. The minimum Gasteiger partial charge on any atom is -0.277 e. The van der Waals surface area contributed by atoms with E-state index in [9.17, 15) is 0 Å². The third kappa shape index (κ3) is 2.82. The molecule has 4 aromatic rings. The molecule has 4 rings (SSSR count). The van der Waals surface area contributed by atoms with Gasteiger partial charge in [-0.25, -0.2) is 9.97 Å². The van der Waals surface area contributed by atoms with E-state index in [2.05, 4.69) is 9.55 Å². The number of hydrogen-bond donors (Lipinski definition) is 0. The van der Waals surface area contributed by atoms with Gasteiger partial charge in [0, 0.05) is 11.2 Å².